The summed E-state index contributed by atoms with van der Waals surface area (Å²) >= 11 is 0. The molecule has 0 saturated heterocycles. The van der Waals surface area contributed by atoms with E-state index in [1.165, 1.54) is 11.1 Å². The van der Waals surface area contributed by atoms with E-state index in [0.29, 0.717) is 12.0 Å². The summed E-state index contributed by atoms with van der Waals surface area (Å²) in [5, 5.41) is 3.53. The highest BCUT2D eigenvalue weighted by Gasteiger charge is 2.12. The highest BCUT2D eigenvalue weighted by atomic mass is 14.9. The predicted octanol–water partition coefficient (Wildman–Crippen LogP) is 3.43. The van der Waals surface area contributed by atoms with Gasteiger partial charge in [0.15, 0.2) is 0 Å². The van der Waals surface area contributed by atoms with Gasteiger partial charge in [0, 0.05) is 24.9 Å². The molecule has 0 saturated carbocycles. The van der Waals surface area contributed by atoms with E-state index in [1.807, 2.05) is 6.20 Å². The fourth-order valence-corrected chi connectivity index (χ4v) is 2.27. The van der Waals surface area contributed by atoms with Gasteiger partial charge in [-0.25, -0.2) is 4.98 Å². The van der Waals surface area contributed by atoms with E-state index in [9.17, 15) is 0 Å². The first-order chi connectivity index (χ1) is 9.20. The Morgan fingerprint density at radius 3 is 2.37 bits per heavy atom. The molecule has 0 aliphatic carbocycles. The predicted molar refractivity (Wildman–Crippen MR) is 79.2 cm³/mol. The number of H-pyrrole nitrogens is 1. The van der Waals surface area contributed by atoms with Gasteiger partial charge in [0.2, 0.25) is 0 Å². The van der Waals surface area contributed by atoms with Crippen molar-refractivity contribution >= 4 is 0 Å². The molecule has 0 bridgehead atoms. The fourth-order valence-electron chi connectivity index (χ4n) is 2.27. The topological polar surface area (TPSA) is 40.7 Å². The second-order valence-electron chi connectivity index (χ2n) is 5.17. The SMILES string of the molecule is CCNC(Cc1ncc[nH]1)c1ccc(C(C)C)cc1. The lowest BCUT2D eigenvalue weighted by Gasteiger charge is -2.18. The zero-order chi connectivity index (χ0) is 13.7. The van der Waals surface area contributed by atoms with Gasteiger partial charge in [0.05, 0.1) is 0 Å². The van der Waals surface area contributed by atoms with Crippen molar-refractivity contribution in [3.05, 3.63) is 53.6 Å². The summed E-state index contributed by atoms with van der Waals surface area (Å²) in [6.07, 6.45) is 4.57. The number of hydrogen-bond donors (Lipinski definition) is 2. The Kier molecular flexibility index (Phi) is 4.74. The second-order valence-corrected chi connectivity index (χ2v) is 5.17. The molecule has 3 heteroatoms. The van der Waals surface area contributed by atoms with Gasteiger partial charge in [-0.05, 0) is 23.6 Å². The minimum Gasteiger partial charge on any atom is -0.349 e. The van der Waals surface area contributed by atoms with Crippen LogP contribution in [-0.4, -0.2) is 16.5 Å². The third kappa shape index (κ3) is 3.67. The molecule has 0 aliphatic heterocycles. The van der Waals surface area contributed by atoms with Crippen molar-refractivity contribution in [3.8, 4) is 0 Å². The van der Waals surface area contributed by atoms with Gasteiger partial charge in [-0.3, -0.25) is 0 Å². The smallest absolute Gasteiger partial charge is 0.107 e. The molecule has 2 aromatic rings. The van der Waals surface area contributed by atoms with Crippen molar-refractivity contribution in [2.24, 2.45) is 0 Å². The number of likely N-dealkylation sites (N-methyl/N-ethyl adjacent to an activating group) is 1. The minimum atomic E-state index is 0.317. The number of aromatic amines is 1. The van der Waals surface area contributed by atoms with E-state index in [4.69, 9.17) is 0 Å². The van der Waals surface area contributed by atoms with Gasteiger partial charge >= 0.3 is 0 Å². The van der Waals surface area contributed by atoms with Gasteiger partial charge < -0.3 is 10.3 Å². The Bertz CT molecular complexity index is 471. The third-order valence-corrected chi connectivity index (χ3v) is 3.41. The highest BCUT2D eigenvalue weighted by Crippen LogP contribution is 2.20. The minimum absolute atomic E-state index is 0.317. The maximum Gasteiger partial charge on any atom is 0.107 e. The standard InChI is InChI=1S/C16H23N3/c1-4-17-15(11-16-18-9-10-19-16)14-7-5-13(6-8-14)12(2)3/h5-10,12,15,17H,4,11H2,1-3H3,(H,18,19). The lowest BCUT2D eigenvalue weighted by molar-refractivity contribution is 0.539. The summed E-state index contributed by atoms with van der Waals surface area (Å²) in [5.41, 5.74) is 2.71. The third-order valence-electron chi connectivity index (χ3n) is 3.41. The molecule has 1 atom stereocenters. The average molecular weight is 257 g/mol. The van der Waals surface area contributed by atoms with Crippen LogP contribution in [0.15, 0.2) is 36.7 Å². The summed E-state index contributed by atoms with van der Waals surface area (Å²) < 4.78 is 0. The molecule has 0 fully saturated rings. The zero-order valence-corrected chi connectivity index (χ0v) is 12.0. The zero-order valence-electron chi connectivity index (χ0n) is 12.0. The van der Waals surface area contributed by atoms with Gasteiger partial charge in [-0.1, -0.05) is 45.0 Å². The van der Waals surface area contributed by atoms with Crippen molar-refractivity contribution in [1.82, 2.24) is 15.3 Å². The van der Waals surface area contributed by atoms with Crippen LogP contribution in [0.4, 0.5) is 0 Å². The highest BCUT2D eigenvalue weighted by molar-refractivity contribution is 5.27. The average Bonchev–Trinajstić information content (AvgIpc) is 2.91. The lowest BCUT2D eigenvalue weighted by atomic mass is 9.97. The van der Waals surface area contributed by atoms with Gasteiger partial charge in [-0.2, -0.15) is 0 Å². The van der Waals surface area contributed by atoms with Crippen LogP contribution in [-0.2, 0) is 6.42 Å². The number of rotatable bonds is 6. The molecule has 102 valence electrons. The molecular weight excluding hydrogens is 234 g/mol. The Morgan fingerprint density at radius 2 is 1.84 bits per heavy atom. The first kappa shape index (κ1) is 13.8. The van der Waals surface area contributed by atoms with Crippen LogP contribution in [0, 0.1) is 0 Å². The second kappa shape index (κ2) is 6.53. The number of nitrogens with one attached hydrogen (secondary N) is 2. The fraction of sp³-hybridized carbons (Fsp3) is 0.438. The Balaban J connectivity index is 2.13. The van der Waals surface area contributed by atoms with Crippen LogP contribution < -0.4 is 5.32 Å². The van der Waals surface area contributed by atoms with E-state index >= 15 is 0 Å². The first-order valence-electron chi connectivity index (χ1n) is 7.02. The molecule has 0 aliphatic rings. The van der Waals surface area contributed by atoms with Crippen LogP contribution in [0.25, 0.3) is 0 Å². The summed E-state index contributed by atoms with van der Waals surface area (Å²) in [5.74, 6) is 1.61. The molecule has 2 N–H and O–H groups in total. The van der Waals surface area contributed by atoms with Crippen molar-refractivity contribution in [2.45, 2.75) is 39.2 Å². The molecule has 3 nitrogen and oxygen atoms in total. The molecular formula is C16H23N3. The van der Waals surface area contributed by atoms with Crippen LogP contribution >= 0.6 is 0 Å². The molecule has 2 rings (SSSR count). The van der Waals surface area contributed by atoms with Crippen molar-refractivity contribution in [3.63, 3.8) is 0 Å². The lowest BCUT2D eigenvalue weighted by Crippen LogP contribution is -2.23. The number of benzene rings is 1. The molecule has 19 heavy (non-hydrogen) atoms. The molecule has 1 aromatic carbocycles. The van der Waals surface area contributed by atoms with Crippen LogP contribution in [0.2, 0.25) is 0 Å². The van der Waals surface area contributed by atoms with E-state index in [1.54, 1.807) is 6.20 Å². The molecule has 1 aromatic heterocycles. The van der Waals surface area contributed by atoms with Crippen LogP contribution in [0.3, 0.4) is 0 Å². The first-order valence-corrected chi connectivity index (χ1v) is 7.02. The van der Waals surface area contributed by atoms with Gasteiger partial charge in [0.1, 0.15) is 5.82 Å². The monoisotopic (exact) mass is 257 g/mol. The van der Waals surface area contributed by atoms with Crippen molar-refractivity contribution in [1.29, 1.82) is 0 Å². The number of aromatic nitrogens is 2. The largest absolute Gasteiger partial charge is 0.349 e. The van der Waals surface area contributed by atoms with E-state index in [-0.39, 0.29) is 0 Å². The van der Waals surface area contributed by atoms with E-state index in [2.05, 4.69) is 60.3 Å². The summed E-state index contributed by atoms with van der Waals surface area (Å²) in [6.45, 7) is 7.54. The maximum atomic E-state index is 4.31. The summed E-state index contributed by atoms with van der Waals surface area (Å²) in [6, 6.07) is 9.23. The molecule has 1 unspecified atom stereocenters. The molecule has 1 heterocycles. The molecule has 0 amide bonds. The number of hydrogen-bond acceptors (Lipinski definition) is 2. The molecule has 0 spiro atoms. The van der Waals surface area contributed by atoms with E-state index in [0.717, 1.165) is 18.8 Å². The normalized spacial score (nSPS) is 12.8. The number of imidazole rings is 1. The van der Waals surface area contributed by atoms with Gasteiger partial charge in [-0.15, -0.1) is 0 Å². The van der Waals surface area contributed by atoms with Crippen LogP contribution in [0.5, 0.6) is 0 Å². The summed E-state index contributed by atoms with van der Waals surface area (Å²) in [4.78, 5) is 7.49. The van der Waals surface area contributed by atoms with Crippen LogP contribution in [0.1, 0.15) is 49.7 Å². The van der Waals surface area contributed by atoms with Gasteiger partial charge in [0.25, 0.3) is 0 Å². The number of nitrogens with zero attached hydrogens (tertiary/aromatic N) is 1. The Morgan fingerprint density at radius 1 is 1.16 bits per heavy atom. The molecule has 0 radical (unpaired) electrons. The maximum absolute atomic E-state index is 4.31. The quantitative estimate of drug-likeness (QED) is 0.832. The Labute approximate surface area is 115 Å². The van der Waals surface area contributed by atoms with E-state index < -0.39 is 0 Å². The van der Waals surface area contributed by atoms with Crippen molar-refractivity contribution in [2.75, 3.05) is 6.54 Å². The summed E-state index contributed by atoms with van der Waals surface area (Å²) in [7, 11) is 0. The van der Waals surface area contributed by atoms with Crippen molar-refractivity contribution < 1.29 is 0 Å². The Hall–Kier alpha value is -1.61.